The van der Waals surface area contributed by atoms with Crippen molar-refractivity contribution < 1.29 is 4.74 Å². The van der Waals surface area contributed by atoms with Crippen molar-refractivity contribution in [2.75, 3.05) is 7.11 Å². The van der Waals surface area contributed by atoms with Crippen molar-refractivity contribution in [3.63, 3.8) is 0 Å². The fraction of sp³-hybridized carbons (Fsp3) is 0.0455. The third kappa shape index (κ3) is 3.09. The van der Waals surface area contributed by atoms with Crippen LogP contribution in [0.25, 0.3) is 44.1 Å². The summed E-state index contributed by atoms with van der Waals surface area (Å²) in [5.74, 6) is 1.72. The number of hydrogen-bond acceptors (Lipinski definition) is 3. The van der Waals surface area contributed by atoms with Crippen LogP contribution in [0.1, 0.15) is 0 Å². The fourth-order valence-electron chi connectivity index (χ4n) is 3.33. The van der Waals surface area contributed by atoms with Crippen molar-refractivity contribution in [3.8, 4) is 39.0 Å². The van der Waals surface area contributed by atoms with Gasteiger partial charge in [0.15, 0.2) is 0 Å². The molecule has 2 aromatic carbocycles. The van der Waals surface area contributed by atoms with E-state index in [0.29, 0.717) is 0 Å². The topological polar surface area (TPSA) is 53.7 Å². The Labute approximate surface area is 172 Å². The van der Waals surface area contributed by atoms with Gasteiger partial charge in [-0.3, -0.25) is 0 Å². The van der Waals surface area contributed by atoms with Crippen LogP contribution in [0.4, 0.5) is 0 Å². The van der Waals surface area contributed by atoms with Crippen molar-refractivity contribution in [3.05, 3.63) is 72.2 Å². The van der Waals surface area contributed by atoms with Gasteiger partial charge in [0.05, 0.1) is 23.4 Å². The van der Waals surface area contributed by atoms with Crippen molar-refractivity contribution in [1.82, 2.24) is 15.0 Å². The van der Waals surface area contributed by atoms with E-state index >= 15 is 0 Å². The maximum absolute atomic E-state index is 5.30. The number of fused-ring (bicyclic) bond motifs is 1. The quantitative estimate of drug-likeness (QED) is 0.363. The lowest BCUT2D eigenvalue weighted by Crippen LogP contribution is -1.85. The van der Waals surface area contributed by atoms with Crippen LogP contribution in [0.3, 0.4) is 0 Å². The molecule has 0 saturated carbocycles. The molecule has 0 fully saturated rings. The fourth-order valence-corrected chi connectivity index (χ4v) is 4.00. The van der Waals surface area contributed by atoms with Gasteiger partial charge in [0.25, 0.3) is 0 Å². The standard InChI is InChI=1S/C22H17N3OS.ClH/c1-26-15-10-8-14(9-11-15)20-21(25-22(24-20)19-7-4-12-27-19)17-13-23-18-6-3-2-5-16(17)18;/h2-13,23H,1H3,(H,24,25);1H. The molecule has 5 rings (SSSR count). The van der Waals surface area contributed by atoms with Gasteiger partial charge in [-0.25, -0.2) is 4.98 Å². The first-order valence-electron chi connectivity index (χ1n) is 8.68. The van der Waals surface area contributed by atoms with E-state index in [1.807, 2.05) is 42.6 Å². The molecule has 0 aliphatic carbocycles. The maximum Gasteiger partial charge on any atom is 0.148 e. The zero-order chi connectivity index (χ0) is 18.2. The predicted molar refractivity (Wildman–Crippen MR) is 118 cm³/mol. The van der Waals surface area contributed by atoms with Gasteiger partial charge in [-0.15, -0.1) is 23.7 Å². The van der Waals surface area contributed by atoms with Gasteiger partial charge >= 0.3 is 0 Å². The molecule has 0 saturated heterocycles. The average Bonchev–Trinajstić information content (AvgIpc) is 3.46. The molecule has 6 heteroatoms. The highest BCUT2D eigenvalue weighted by Gasteiger charge is 2.18. The number of imidazole rings is 1. The lowest BCUT2D eigenvalue weighted by atomic mass is 10.0. The average molecular weight is 408 g/mol. The van der Waals surface area contributed by atoms with Crippen molar-refractivity contribution in [2.24, 2.45) is 0 Å². The molecule has 0 spiro atoms. The van der Waals surface area contributed by atoms with Crippen LogP contribution < -0.4 is 4.74 Å². The van der Waals surface area contributed by atoms with E-state index in [2.05, 4.69) is 39.6 Å². The number of aromatic nitrogens is 3. The zero-order valence-corrected chi connectivity index (χ0v) is 16.7. The molecule has 28 heavy (non-hydrogen) atoms. The first-order valence-corrected chi connectivity index (χ1v) is 9.56. The van der Waals surface area contributed by atoms with E-state index in [-0.39, 0.29) is 12.4 Å². The maximum atomic E-state index is 5.30. The number of thiophene rings is 1. The Morgan fingerprint density at radius 3 is 2.54 bits per heavy atom. The summed E-state index contributed by atoms with van der Waals surface area (Å²) in [6.45, 7) is 0. The molecule has 0 aliphatic rings. The summed E-state index contributed by atoms with van der Waals surface area (Å²) < 4.78 is 5.30. The van der Waals surface area contributed by atoms with Crippen molar-refractivity contribution >= 4 is 34.6 Å². The van der Waals surface area contributed by atoms with E-state index in [4.69, 9.17) is 9.72 Å². The van der Waals surface area contributed by atoms with Crippen LogP contribution >= 0.6 is 23.7 Å². The number of nitrogens with zero attached hydrogens (tertiary/aromatic N) is 1. The number of ether oxygens (including phenoxy) is 1. The number of rotatable bonds is 4. The van der Waals surface area contributed by atoms with Gasteiger partial charge < -0.3 is 14.7 Å². The summed E-state index contributed by atoms with van der Waals surface area (Å²) in [6, 6.07) is 20.5. The number of methoxy groups -OCH3 is 1. The van der Waals surface area contributed by atoms with E-state index in [0.717, 1.165) is 44.5 Å². The van der Waals surface area contributed by atoms with Crippen LogP contribution in [-0.4, -0.2) is 22.1 Å². The summed E-state index contributed by atoms with van der Waals surface area (Å²) in [5, 5.41) is 3.24. The molecule has 0 radical (unpaired) electrons. The van der Waals surface area contributed by atoms with Crippen LogP contribution in [0.15, 0.2) is 72.2 Å². The van der Waals surface area contributed by atoms with Gasteiger partial charge in [-0.1, -0.05) is 24.3 Å². The number of aromatic amines is 2. The smallest absolute Gasteiger partial charge is 0.148 e. The second-order valence-corrected chi connectivity index (χ2v) is 7.21. The lowest BCUT2D eigenvalue weighted by Gasteiger charge is -2.04. The Bertz CT molecular complexity index is 1210. The van der Waals surface area contributed by atoms with Crippen LogP contribution in [0.5, 0.6) is 5.75 Å². The Morgan fingerprint density at radius 1 is 0.964 bits per heavy atom. The largest absolute Gasteiger partial charge is 0.497 e. The highest BCUT2D eigenvalue weighted by Crippen LogP contribution is 2.37. The Balaban J connectivity index is 0.00000192. The minimum Gasteiger partial charge on any atom is -0.497 e. The Kier molecular flexibility index (Phi) is 4.94. The molecule has 0 amide bonds. The summed E-state index contributed by atoms with van der Waals surface area (Å²) in [7, 11) is 1.68. The molecule has 140 valence electrons. The highest BCUT2D eigenvalue weighted by atomic mass is 35.5. The monoisotopic (exact) mass is 407 g/mol. The number of hydrogen-bond donors (Lipinski definition) is 2. The summed E-state index contributed by atoms with van der Waals surface area (Å²) >= 11 is 1.68. The molecule has 0 bridgehead atoms. The molecule has 3 heterocycles. The van der Waals surface area contributed by atoms with Crippen LogP contribution in [0, 0.1) is 0 Å². The van der Waals surface area contributed by atoms with Gasteiger partial charge in [-0.05, 0) is 41.8 Å². The van der Waals surface area contributed by atoms with Gasteiger partial charge in [-0.2, -0.15) is 0 Å². The number of nitrogens with one attached hydrogen (secondary N) is 2. The zero-order valence-electron chi connectivity index (χ0n) is 15.1. The Hall–Kier alpha value is -3.02. The third-order valence-electron chi connectivity index (χ3n) is 4.68. The van der Waals surface area contributed by atoms with E-state index in [1.54, 1.807) is 18.4 Å². The second-order valence-electron chi connectivity index (χ2n) is 6.26. The first-order chi connectivity index (χ1) is 13.3. The third-order valence-corrected chi connectivity index (χ3v) is 5.56. The number of benzene rings is 2. The molecule has 0 unspecified atom stereocenters. The van der Waals surface area contributed by atoms with Gasteiger partial charge in [0, 0.05) is 28.2 Å². The molecule has 3 aromatic heterocycles. The normalized spacial score (nSPS) is 10.8. The van der Waals surface area contributed by atoms with Crippen LogP contribution in [-0.2, 0) is 0 Å². The van der Waals surface area contributed by atoms with Crippen LogP contribution in [0.2, 0.25) is 0 Å². The number of halogens is 1. The molecular formula is C22H18ClN3OS. The molecule has 0 atom stereocenters. The number of para-hydroxylation sites is 1. The van der Waals surface area contributed by atoms with Gasteiger partial charge in [0.1, 0.15) is 11.6 Å². The first kappa shape index (κ1) is 18.3. The minimum atomic E-state index is 0. The SMILES string of the molecule is COc1ccc(-c2nc(-c3cccs3)[nH]c2-c2c[nH]c3ccccc23)cc1.Cl. The number of H-pyrrole nitrogens is 2. The summed E-state index contributed by atoms with van der Waals surface area (Å²) in [4.78, 5) is 13.0. The highest BCUT2D eigenvalue weighted by molar-refractivity contribution is 7.13. The lowest BCUT2D eigenvalue weighted by molar-refractivity contribution is 0.415. The van der Waals surface area contributed by atoms with Crippen molar-refractivity contribution in [1.29, 1.82) is 0 Å². The molecule has 4 nitrogen and oxygen atoms in total. The minimum absolute atomic E-state index is 0. The van der Waals surface area contributed by atoms with E-state index in [9.17, 15) is 0 Å². The second kappa shape index (κ2) is 7.54. The predicted octanol–water partition coefficient (Wildman–Crippen LogP) is 6.38. The molecular weight excluding hydrogens is 390 g/mol. The van der Waals surface area contributed by atoms with E-state index in [1.165, 1.54) is 5.39 Å². The summed E-state index contributed by atoms with van der Waals surface area (Å²) in [5.41, 5.74) is 5.23. The molecule has 5 aromatic rings. The van der Waals surface area contributed by atoms with E-state index < -0.39 is 0 Å². The summed E-state index contributed by atoms with van der Waals surface area (Å²) in [6.07, 6.45) is 2.05. The van der Waals surface area contributed by atoms with Gasteiger partial charge in [0.2, 0.25) is 0 Å². The molecule has 2 N–H and O–H groups in total. The van der Waals surface area contributed by atoms with Crippen molar-refractivity contribution in [2.45, 2.75) is 0 Å². The molecule has 0 aliphatic heterocycles. The Morgan fingerprint density at radius 2 is 1.79 bits per heavy atom.